The molecular weight excluding hydrogens is 1410 g/mol. The minimum Gasteiger partial charge on any atom is -0.477 e. The first-order valence-electron chi connectivity index (χ1n) is 38.7. The maximum absolute atomic E-state index is 13.8. The second kappa shape index (κ2) is 49.7. The molecule has 34 heteroatoms. The lowest BCUT2D eigenvalue weighted by Gasteiger charge is -2.52. The van der Waals surface area contributed by atoms with Crippen LogP contribution in [0.15, 0.2) is 24.3 Å². The number of hydrogen-bond acceptors (Lipinski definition) is 30. The minimum absolute atomic E-state index is 0.121. The number of nitrogens with one attached hydrogen (secondary N) is 3. The van der Waals surface area contributed by atoms with Gasteiger partial charge in [-0.1, -0.05) is 154 Å². The number of hydrogen-bond donors (Lipinski definition) is 20. The first-order valence-corrected chi connectivity index (χ1v) is 38.7. The number of carbonyl (C=O) groups excluding carboxylic acids is 3. The highest BCUT2D eigenvalue weighted by Crippen LogP contribution is 2.41. The number of ether oxygens (including phenoxy) is 10. The lowest BCUT2D eigenvalue weighted by Crippen LogP contribution is -2.72. The van der Waals surface area contributed by atoms with E-state index in [-0.39, 0.29) is 6.42 Å². The summed E-state index contributed by atoms with van der Waals surface area (Å²) >= 11 is 0. The SMILES string of the molecule is CCCCCCCC/C=C\CCCCCCCC(=O)N[C@@H](CO[C@@H]1O[C@H](CO)[C@@H](O[C@@H]2O[C@H](CO)[C@H](O[C@@H]3O[C@H](CO)[C@H](O)[C@H](O[C@@H]4O[C@H](CO)[C@H](O)[C@H](O)[C@H]4O)[C@H]3NC(C)=O)[C@H](O[C@]3(C(=O)O)C[C@H](O)[C@@H](NC(C)=O)[C@@H]([C@@H](O)[C@H](O)CO)O3)[C@H]2O)[C@H](O)[C@H]1O)C(O)/C=C/CCCCCCCCCCCCC. The van der Waals surface area contributed by atoms with Crippen LogP contribution in [0.3, 0.4) is 0 Å². The van der Waals surface area contributed by atoms with Crippen molar-refractivity contribution < 1.29 is 153 Å². The standard InChI is InChI=1S/C73H129N3O31/c1-5-7-9-11-13-15-17-19-20-22-24-26-28-30-32-34-52(87)76-44(45(84)33-31-29-27-25-23-21-18-16-14-12-10-8-6-2)41-98-69-61(94)59(92)63(50(39-80)101-69)103-71-62(95)67(107-73(72(96)97)35-46(85)53(74-42(3)82)66(106-73)55(88)47(86)36-77)64(51(40-81)102-71)104-68-54(75-43(4)83)65(57(90)49(38-79)99-68)105-70-60(93)58(91)56(89)48(37-78)100-70/h19-20,31,33,44-51,53-71,77-81,84-86,88-95H,5-18,21-30,32,34-41H2,1-4H3,(H,74,82)(H,75,83)(H,76,87)(H,96,97)/b20-19-,33-31+/t44-,45?,46-,47+,48+,49+,50+,51+,53+,54+,55-,56-,57-,58-,59+,60+,61+,62+,63+,64-,65+,66-,67+,68-,69+,70-,71-,73-/m0/s1. The van der Waals surface area contributed by atoms with E-state index < -0.39 is 241 Å². The third-order valence-corrected chi connectivity index (χ3v) is 20.2. The average Bonchev–Trinajstić information content (AvgIpc) is 0.754. The highest BCUT2D eigenvalue weighted by atomic mass is 16.8. The smallest absolute Gasteiger partial charge is 0.364 e. The molecule has 1 unspecified atom stereocenters. The van der Waals surface area contributed by atoms with Gasteiger partial charge in [-0.25, -0.2) is 4.79 Å². The van der Waals surface area contributed by atoms with Crippen molar-refractivity contribution in [1.29, 1.82) is 0 Å². The Morgan fingerprint density at radius 3 is 1.47 bits per heavy atom. The molecule has 0 radical (unpaired) electrons. The van der Waals surface area contributed by atoms with E-state index in [0.717, 1.165) is 78.1 Å². The molecule has 0 aromatic carbocycles. The van der Waals surface area contributed by atoms with Gasteiger partial charge in [-0.15, -0.1) is 0 Å². The molecule has 107 heavy (non-hydrogen) atoms. The molecule has 5 rings (SSSR count). The number of rotatable bonds is 51. The van der Waals surface area contributed by atoms with Gasteiger partial charge in [0.05, 0.1) is 63.9 Å². The Labute approximate surface area is 627 Å². The largest absolute Gasteiger partial charge is 0.477 e. The molecule has 622 valence electrons. The van der Waals surface area contributed by atoms with Crippen LogP contribution in [-0.4, -0.2) is 321 Å². The number of amides is 3. The number of carboxylic acids is 1. The molecule has 0 saturated carbocycles. The first kappa shape index (κ1) is 93.9. The van der Waals surface area contributed by atoms with Crippen molar-refractivity contribution in [3.63, 3.8) is 0 Å². The fourth-order valence-corrected chi connectivity index (χ4v) is 14.0. The van der Waals surface area contributed by atoms with E-state index >= 15 is 0 Å². The van der Waals surface area contributed by atoms with Crippen LogP contribution in [0.25, 0.3) is 0 Å². The predicted octanol–water partition coefficient (Wildman–Crippen LogP) is -1.27. The van der Waals surface area contributed by atoms with Crippen LogP contribution >= 0.6 is 0 Å². The van der Waals surface area contributed by atoms with Gasteiger partial charge >= 0.3 is 5.97 Å². The van der Waals surface area contributed by atoms with Gasteiger partial charge in [0.1, 0.15) is 116 Å². The van der Waals surface area contributed by atoms with Gasteiger partial charge in [0.25, 0.3) is 5.79 Å². The molecule has 34 nitrogen and oxygen atoms in total. The summed E-state index contributed by atoms with van der Waals surface area (Å²) in [5, 5.41) is 197. The summed E-state index contributed by atoms with van der Waals surface area (Å²) in [6.45, 7) is 0.287. The number of aliphatic hydroxyl groups is 16. The first-order chi connectivity index (χ1) is 51.3. The maximum atomic E-state index is 13.8. The number of carbonyl (C=O) groups is 4. The van der Waals surface area contributed by atoms with Crippen LogP contribution in [0, 0.1) is 0 Å². The highest BCUT2D eigenvalue weighted by Gasteiger charge is 2.62. The topological polar surface area (TPSA) is 541 Å². The molecule has 0 aromatic rings. The van der Waals surface area contributed by atoms with Crippen LogP contribution in [0.5, 0.6) is 0 Å². The molecule has 0 spiro atoms. The molecule has 0 aliphatic carbocycles. The summed E-state index contributed by atoms with van der Waals surface area (Å²) in [6, 6.07) is -4.82. The van der Waals surface area contributed by atoms with Crippen LogP contribution in [0.1, 0.15) is 201 Å². The number of aliphatic hydroxyl groups excluding tert-OH is 16. The Kier molecular flexibility index (Phi) is 43.7. The highest BCUT2D eigenvalue weighted by molar-refractivity contribution is 5.77. The van der Waals surface area contributed by atoms with Crippen molar-refractivity contribution in [3.05, 3.63) is 24.3 Å². The van der Waals surface area contributed by atoms with E-state index in [9.17, 15) is 106 Å². The van der Waals surface area contributed by atoms with Crippen molar-refractivity contribution in [2.24, 2.45) is 0 Å². The van der Waals surface area contributed by atoms with E-state index in [1.807, 2.05) is 6.08 Å². The van der Waals surface area contributed by atoms with E-state index in [1.165, 1.54) is 89.5 Å². The predicted molar refractivity (Wildman–Crippen MR) is 378 cm³/mol. The summed E-state index contributed by atoms with van der Waals surface area (Å²) in [7, 11) is 0. The van der Waals surface area contributed by atoms with Gasteiger partial charge in [-0.2, -0.15) is 0 Å². The lowest BCUT2D eigenvalue weighted by atomic mass is 9.88. The summed E-state index contributed by atoms with van der Waals surface area (Å²) in [5.74, 6) is -7.72. The monoisotopic (exact) mass is 1540 g/mol. The van der Waals surface area contributed by atoms with E-state index in [1.54, 1.807) is 0 Å². The quantitative estimate of drug-likeness (QED) is 0.0249. The Hall–Kier alpha value is -3.68. The van der Waals surface area contributed by atoms with Gasteiger partial charge in [-0.05, 0) is 44.9 Å². The Bertz CT molecular complexity index is 2550. The lowest BCUT2D eigenvalue weighted by molar-refractivity contribution is -0.403. The zero-order chi connectivity index (χ0) is 78.8. The van der Waals surface area contributed by atoms with Gasteiger partial charge in [-0.3, -0.25) is 14.4 Å². The fraction of sp³-hybridized carbons (Fsp3) is 0.890. The zero-order valence-electron chi connectivity index (χ0n) is 62.6. The summed E-state index contributed by atoms with van der Waals surface area (Å²) < 4.78 is 60.1. The Morgan fingerprint density at radius 1 is 0.486 bits per heavy atom. The molecule has 28 atom stereocenters. The van der Waals surface area contributed by atoms with Crippen LogP contribution < -0.4 is 16.0 Å². The third-order valence-electron chi connectivity index (χ3n) is 20.2. The van der Waals surface area contributed by atoms with Crippen molar-refractivity contribution in [1.82, 2.24) is 16.0 Å². The van der Waals surface area contributed by atoms with Crippen molar-refractivity contribution >= 4 is 23.7 Å². The Morgan fingerprint density at radius 2 is 0.935 bits per heavy atom. The van der Waals surface area contributed by atoms with Crippen molar-refractivity contribution in [2.75, 3.05) is 39.6 Å². The van der Waals surface area contributed by atoms with E-state index in [2.05, 4.69) is 41.9 Å². The maximum Gasteiger partial charge on any atom is 0.364 e. The second-order valence-corrected chi connectivity index (χ2v) is 28.9. The molecule has 20 N–H and O–H groups in total. The number of allylic oxidation sites excluding steroid dienone is 3. The van der Waals surface area contributed by atoms with Gasteiger partial charge in [0.15, 0.2) is 25.2 Å². The average molecular weight is 1540 g/mol. The Balaban J connectivity index is 1.40. The van der Waals surface area contributed by atoms with Crippen LogP contribution in [0.4, 0.5) is 0 Å². The summed E-state index contributed by atoms with van der Waals surface area (Å²) in [6.07, 6.45) is -15.6. The molecule has 5 heterocycles. The molecule has 0 bridgehead atoms. The second-order valence-electron chi connectivity index (χ2n) is 28.9. The number of carboxylic acid groups (broad SMARTS) is 1. The normalized spacial score (nSPS) is 34.7. The van der Waals surface area contributed by atoms with Crippen molar-refractivity contribution in [2.45, 2.75) is 372 Å². The molecule has 5 aliphatic heterocycles. The van der Waals surface area contributed by atoms with Crippen molar-refractivity contribution in [3.8, 4) is 0 Å². The van der Waals surface area contributed by atoms with E-state index in [0.29, 0.717) is 12.8 Å². The van der Waals surface area contributed by atoms with Gasteiger partial charge in [0.2, 0.25) is 17.7 Å². The fourth-order valence-electron chi connectivity index (χ4n) is 14.0. The molecular formula is C73H129N3O31. The number of aliphatic carboxylic acids is 1. The number of unbranched alkanes of at least 4 members (excludes halogenated alkanes) is 22. The third kappa shape index (κ3) is 29.0. The molecule has 0 aromatic heterocycles. The molecule has 5 saturated heterocycles. The summed E-state index contributed by atoms with van der Waals surface area (Å²) in [5.41, 5.74) is 0. The van der Waals surface area contributed by atoms with Gasteiger partial charge in [0, 0.05) is 26.7 Å². The zero-order valence-corrected chi connectivity index (χ0v) is 62.6. The van der Waals surface area contributed by atoms with Crippen LogP contribution in [-0.2, 0) is 66.5 Å². The molecule has 5 fully saturated rings. The molecule has 5 aliphatic rings. The summed E-state index contributed by atoms with van der Waals surface area (Å²) in [4.78, 5) is 53.0. The van der Waals surface area contributed by atoms with Gasteiger partial charge < -0.3 is 150 Å². The molecule has 3 amide bonds. The van der Waals surface area contributed by atoms with Crippen LogP contribution in [0.2, 0.25) is 0 Å². The van der Waals surface area contributed by atoms with E-state index in [4.69, 9.17) is 47.4 Å². The minimum atomic E-state index is -3.38.